The summed E-state index contributed by atoms with van der Waals surface area (Å²) in [5, 5.41) is 0. The predicted octanol–water partition coefficient (Wildman–Crippen LogP) is 1.49. The van der Waals surface area contributed by atoms with E-state index in [0.717, 1.165) is 17.7 Å². The van der Waals surface area contributed by atoms with Gasteiger partial charge in [0.05, 0.1) is 12.2 Å². The number of hydrogen-bond acceptors (Lipinski definition) is 4. The summed E-state index contributed by atoms with van der Waals surface area (Å²) in [6, 6.07) is 3.08. The molecule has 0 unspecified atom stereocenters. The summed E-state index contributed by atoms with van der Waals surface area (Å²) in [7, 11) is 0. The Kier molecular flexibility index (Phi) is 2.81. The van der Waals surface area contributed by atoms with Gasteiger partial charge in [-0.15, -0.1) is 0 Å². The van der Waals surface area contributed by atoms with Crippen LogP contribution in [0, 0.1) is 11.6 Å². The molecule has 2 N–H and O–H groups in total. The number of halogens is 2. The molecule has 0 spiro atoms. The highest BCUT2D eigenvalue weighted by atomic mass is 19.2. The lowest BCUT2D eigenvalue weighted by molar-refractivity contribution is 0.0750. The minimum Gasteiger partial charge on any atom is -0.368 e. The van der Waals surface area contributed by atoms with Crippen LogP contribution >= 0.6 is 0 Å². The molecule has 0 bridgehead atoms. The molecule has 2 heterocycles. The second kappa shape index (κ2) is 4.52. The number of carbonyl (C=O) groups excluding carboxylic acids is 1. The van der Waals surface area contributed by atoms with E-state index in [4.69, 9.17) is 5.73 Å². The monoisotopic (exact) mass is 276 g/mol. The van der Waals surface area contributed by atoms with E-state index in [1.165, 1.54) is 11.0 Å². The van der Waals surface area contributed by atoms with Gasteiger partial charge in [0.1, 0.15) is 0 Å². The van der Waals surface area contributed by atoms with E-state index in [-0.39, 0.29) is 24.0 Å². The maximum absolute atomic E-state index is 13.2. The number of benzene rings is 1. The Morgan fingerprint density at radius 3 is 2.80 bits per heavy atom. The SMILES string of the molecule is Nc1ncc2c(n1)CN(C(=O)c1ccc(F)c(F)c1)C2. The third kappa shape index (κ3) is 2.07. The number of nitrogens with two attached hydrogens (primary N) is 1. The van der Waals surface area contributed by atoms with Crippen molar-refractivity contribution in [2.75, 3.05) is 5.73 Å². The fourth-order valence-electron chi connectivity index (χ4n) is 2.12. The van der Waals surface area contributed by atoms with E-state index in [9.17, 15) is 13.6 Å². The van der Waals surface area contributed by atoms with Crippen LogP contribution in [0.4, 0.5) is 14.7 Å². The Morgan fingerprint density at radius 1 is 1.25 bits per heavy atom. The number of amides is 1. The number of aromatic nitrogens is 2. The first-order valence-electron chi connectivity index (χ1n) is 5.89. The maximum atomic E-state index is 13.2. The zero-order valence-corrected chi connectivity index (χ0v) is 10.3. The number of fused-ring (bicyclic) bond motifs is 1. The molecule has 0 aliphatic carbocycles. The Balaban J connectivity index is 1.85. The minimum absolute atomic E-state index is 0.0950. The standard InChI is InChI=1S/C13H10F2N4O/c14-9-2-1-7(3-10(9)15)12(20)19-5-8-4-17-13(16)18-11(8)6-19/h1-4H,5-6H2,(H2,16,17,18). The molecule has 102 valence electrons. The summed E-state index contributed by atoms with van der Waals surface area (Å²) >= 11 is 0. The van der Waals surface area contributed by atoms with Crippen molar-refractivity contribution in [3.63, 3.8) is 0 Å². The van der Waals surface area contributed by atoms with Crippen molar-refractivity contribution in [2.24, 2.45) is 0 Å². The lowest BCUT2D eigenvalue weighted by atomic mass is 10.2. The predicted molar refractivity (Wildman–Crippen MR) is 66.4 cm³/mol. The first-order valence-corrected chi connectivity index (χ1v) is 5.89. The van der Waals surface area contributed by atoms with Gasteiger partial charge < -0.3 is 10.6 Å². The van der Waals surface area contributed by atoms with Crippen molar-refractivity contribution in [3.05, 3.63) is 52.9 Å². The highest BCUT2D eigenvalue weighted by Crippen LogP contribution is 2.23. The Morgan fingerprint density at radius 2 is 2.05 bits per heavy atom. The third-order valence-electron chi connectivity index (χ3n) is 3.13. The van der Waals surface area contributed by atoms with Gasteiger partial charge >= 0.3 is 0 Å². The molecule has 0 fully saturated rings. The molecule has 1 amide bonds. The summed E-state index contributed by atoms with van der Waals surface area (Å²) in [5.74, 6) is -2.27. The second-order valence-electron chi connectivity index (χ2n) is 4.49. The fourth-order valence-corrected chi connectivity index (χ4v) is 2.12. The molecular weight excluding hydrogens is 266 g/mol. The molecule has 0 radical (unpaired) electrons. The van der Waals surface area contributed by atoms with Gasteiger partial charge in [0.2, 0.25) is 5.95 Å². The number of nitrogens with zero attached hydrogens (tertiary/aromatic N) is 3. The number of carbonyl (C=O) groups is 1. The normalized spacial score (nSPS) is 13.4. The lowest BCUT2D eigenvalue weighted by Crippen LogP contribution is -2.25. The van der Waals surface area contributed by atoms with Crippen LogP contribution in [0.15, 0.2) is 24.4 Å². The number of hydrogen-bond donors (Lipinski definition) is 1. The summed E-state index contributed by atoms with van der Waals surface area (Å²) in [4.78, 5) is 21.6. The van der Waals surface area contributed by atoms with Gasteiger partial charge in [0.25, 0.3) is 5.91 Å². The number of anilines is 1. The largest absolute Gasteiger partial charge is 0.368 e. The van der Waals surface area contributed by atoms with Crippen molar-refractivity contribution in [1.29, 1.82) is 0 Å². The molecule has 7 heteroatoms. The Hall–Kier alpha value is -2.57. The quantitative estimate of drug-likeness (QED) is 0.856. The van der Waals surface area contributed by atoms with Crippen LogP contribution in [0.25, 0.3) is 0 Å². The van der Waals surface area contributed by atoms with E-state index in [2.05, 4.69) is 9.97 Å². The van der Waals surface area contributed by atoms with Gasteiger partial charge in [-0.3, -0.25) is 4.79 Å². The smallest absolute Gasteiger partial charge is 0.254 e. The Labute approximate surface area is 113 Å². The van der Waals surface area contributed by atoms with Crippen LogP contribution < -0.4 is 5.73 Å². The molecule has 1 aromatic heterocycles. The first-order chi connectivity index (χ1) is 9.54. The Bertz CT molecular complexity index is 705. The van der Waals surface area contributed by atoms with Gasteiger partial charge in [-0.2, -0.15) is 0 Å². The number of rotatable bonds is 1. The molecule has 0 saturated carbocycles. The molecule has 3 rings (SSSR count). The van der Waals surface area contributed by atoms with Crippen LogP contribution in [0.2, 0.25) is 0 Å². The molecule has 1 aromatic carbocycles. The van der Waals surface area contributed by atoms with Gasteiger partial charge in [0, 0.05) is 23.9 Å². The number of nitrogen functional groups attached to an aromatic ring is 1. The molecular formula is C13H10F2N4O. The van der Waals surface area contributed by atoms with E-state index in [1.807, 2.05) is 0 Å². The fraction of sp³-hybridized carbons (Fsp3) is 0.154. The van der Waals surface area contributed by atoms with Crippen LogP contribution in [0.1, 0.15) is 21.6 Å². The minimum atomic E-state index is -1.04. The van der Waals surface area contributed by atoms with Crippen molar-refractivity contribution in [1.82, 2.24) is 14.9 Å². The zero-order chi connectivity index (χ0) is 14.3. The molecule has 1 aliphatic rings. The van der Waals surface area contributed by atoms with Crippen molar-refractivity contribution >= 4 is 11.9 Å². The van der Waals surface area contributed by atoms with E-state index in [0.29, 0.717) is 12.2 Å². The lowest BCUT2D eigenvalue weighted by Gasteiger charge is -2.15. The molecule has 2 aromatic rings. The van der Waals surface area contributed by atoms with E-state index < -0.39 is 11.6 Å². The van der Waals surface area contributed by atoms with Crippen LogP contribution in [-0.2, 0) is 13.1 Å². The van der Waals surface area contributed by atoms with Crippen LogP contribution in [-0.4, -0.2) is 20.8 Å². The molecule has 5 nitrogen and oxygen atoms in total. The molecule has 0 saturated heterocycles. The third-order valence-corrected chi connectivity index (χ3v) is 3.13. The van der Waals surface area contributed by atoms with E-state index in [1.54, 1.807) is 6.20 Å². The average molecular weight is 276 g/mol. The topological polar surface area (TPSA) is 72.1 Å². The zero-order valence-electron chi connectivity index (χ0n) is 10.3. The average Bonchev–Trinajstić information content (AvgIpc) is 2.84. The second-order valence-corrected chi connectivity index (χ2v) is 4.49. The summed E-state index contributed by atoms with van der Waals surface area (Å²) in [5.41, 5.74) is 7.05. The van der Waals surface area contributed by atoms with Crippen LogP contribution in [0.5, 0.6) is 0 Å². The van der Waals surface area contributed by atoms with Gasteiger partial charge in [-0.1, -0.05) is 0 Å². The van der Waals surface area contributed by atoms with Gasteiger partial charge in [0.15, 0.2) is 11.6 Å². The van der Waals surface area contributed by atoms with Crippen molar-refractivity contribution < 1.29 is 13.6 Å². The van der Waals surface area contributed by atoms with Gasteiger partial charge in [-0.25, -0.2) is 18.7 Å². The summed E-state index contributed by atoms with van der Waals surface area (Å²) in [6.45, 7) is 0.604. The maximum Gasteiger partial charge on any atom is 0.254 e. The molecule has 20 heavy (non-hydrogen) atoms. The summed E-state index contributed by atoms with van der Waals surface area (Å²) < 4.78 is 26.0. The highest BCUT2D eigenvalue weighted by Gasteiger charge is 2.26. The highest BCUT2D eigenvalue weighted by molar-refractivity contribution is 5.94. The van der Waals surface area contributed by atoms with E-state index >= 15 is 0 Å². The van der Waals surface area contributed by atoms with Crippen molar-refractivity contribution in [2.45, 2.75) is 13.1 Å². The van der Waals surface area contributed by atoms with Crippen LogP contribution in [0.3, 0.4) is 0 Å². The summed E-state index contributed by atoms with van der Waals surface area (Å²) in [6.07, 6.45) is 1.57. The van der Waals surface area contributed by atoms with Gasteiger partial charge in [-0.05, 0) is 18.2 Å². The molecule has 0 atom stereocenters. The first kappa shape index (κ1) is 12.5. The van der Waals surface area contributed by atoms with Crippen molar-refractivity contribution in [3.8, 4) is 0 Å². The molecule has 1 aliphatic heterocycles.